The van der Waals surface area contributed by atoms with Gasteiger partial charge in [0.2, 0.25) is 20.0 Å². The van der Waals surface area contributed by atoms with E-state index in [9.17, 15) is 16.8 Å². The molecule has 2 aromatic carbocycles. The molecule has 0 spiro atoms. The van der Waals surface area contributed by atoms with Crippen LogP contribution in [0, 0.1) is 0 Å². The summed E-state index contributed by atoms with van der Waals surface area (Å²) in [5, 5.41) is 1.05. The first-order valence-electron chi connectivity index (χ1n) is 12.3. The van der Waals surface area contributed by atoms with Crippen LogP contribution in [0.5, 0.6) is 5.75 Å². The quantitative estimate of drug-likeness (QED) is 0.451. The lowest BCUT2D eigenvalue weighted by Gasteiger charge is -2.30. The Bertz CT molecular complexity index is 1400. The number of rotatable bonds is 6. The van der Waals surface area contributed by atoms with Crippen LogP contribution in [-0.2, 0) is 20.0 Å². The Labute approximate surface area is 217 Å². The topological polar surface area (TPSA) is 96.9 Å². The molecule has 3 aromatic rings. The number of hydrogen-bond donors (Lipinski definition) is 0. The number of piperidine rings is 1. The molecule has 11 heteroatoms. The van der Waals surface area contributed by atoms with Crippen LogP contribution in [-0.4, -0.2) is 63.7 Å². The third-order valence-electron chi connectivity index (χ3n) is 7.07. The van der Waals surface area contributed by atoms with Crippen molar-refractivity contribution in [3.05, 3.63) is 47.5 Å². The van der Waals surface area contributed by atoms with Gasteiger partial charge in [0.1, 0.15) is 10.6 Å². The van der Waals surface area contributed by atoms with Crippen LogP contribution in [0.4, 0.5) is 0 Å². The first kappa shape index (κ1) is 25.6. The first-order chi connectivity index (χ1) is 17.3. The Kier molecular flexibility index (Phi) is 7.37. The number of fused-ring (bicyclic) bond motifs is 1. The highest BCUT2D eigenvalue weighted by Crippen LogP contribution is 2.36. The van der Waals surface area contributed by atoms with E-state index in [1.807, 2.05) is 18.2 Å². The van der Waals surface area contributed by atoms with Gasteiger partial charge in [0.05, 0.1) is 27.2 Å². The summed E-state index contributed by atoms with van der Waals surface area (Å²) in [5.74, 6) is 0.286. The molecular formula is C25H31N3O5S3. The van der Waals surface area contributed by atoms with Crippen molar-refractivity contribution >= 4 is 41.6 Å². The van der Waals surface area contributed by atoms with Crippen LogP contribution < -0.4 is 4.74 Å². The Morgan fingerprint density at radius 3 is 2.19 bits per heavy atom. The summed E-state index contributed by atoms with van der Waals surface area (Å²) >= 11 is 1.67. The van der Waals surface area contributed by atoms with Gasteiger partial charge in [-0.1, -0.05) is 25.0 Å². The number of nitrogens with zero attached hydrogens (tertiary/aromatic N) is 3. The Morgan fingerprint density at radius 1 is 0.861 bits per heavy atom. The average molecular weight is 550 g/mol. The van der Waals surface area contributed by atoms with Crippen LogP contribution in [0.2, 0.25) is 0 Å². The molecule has 36 heavy (non-hydrogen) atoms. The maximum Gasteiger partial charge on any atom is 0.246 e. The van der Waals surface area contributed by atoms with Crippen molar-refractivity contribution < 1.29 is 21.6 Å². The summed E-state index contributed by atoms with van der Waals surface area (Å²) in [6.45, 7) is 1.71. The Balaban J connectivity index is 1.34. The van der Waals surface area contributed by atoms with Crippen molar-refractivity contribution in [2.75, 3.05) is 33.3 Å². The van der Waals surface area contributed by atoms with Crippen LogP contribution in [0.15, 0.2) is 52.3 Å². The molecule has 2 aliphatic rings. The van der Waals surface area contributed by atoms with Crippen molar-refractivity contribution in [1.29, 1.82) is 0 Å². The summed E-state index contributed by atoms with van der Waals surface area (Å²) < 4.78 is 63.0. The summed E-state index contributed by atoms with van der Waals surface area (Å²) in [4.78, 5) is 4.82. The number of para-hydroxylation sites is 1. The fourth-order valence-corrected chi connectivity index (χ4v) is 9.28. The lowest BCUT2D eigenvalue weighted by Crippen LogP contribution is -2.38. The summed E-state index contributed by atoms with van der Waals surface area (Å²) in [6.07, 6.45) is 5.04. The standard InChI is InChI=1S/C25H31N3O5S3/c1-33-22-18-20(10-11-24(22)36(31,32)27-14-6-2-3-7-15-27)35(29,30)28-16-12-19(13-17-28)25-26-21-8-4-5-9-23(21)34-25/h4-5,8-11,18-19H,2-3,6-7,12-17H2,1H3. The molecule has 0 saturated carbocycles. The zero-order valence-electron chi connectivity index (χ0n) is 20.3. The maximum absolute atomic E-state index is 13.4. The first-order valence-corrected chi connectivity index (χ1v) is 16.0. The third kappa shape index (κ3) is 4.91. The van der Waals surface area contributed by atoms with Gasteiger partial charge < -0.3 is 4.74 Å². The molecule has 2 aliphatic heterocycles. The molecule has 0 atom stereocenters. The van der Waals surface area contributed by atoms with E-state index in [2.05, 4.69) is 6.07 Å². The highest BCUT2D eigenvalue weighted by Gasteiger charge is 2.33. The van der Waals surface area contributed by atoms with Gasteiger partial charge in [-0.15, -0.1) is 11.3 Å². The van der Waals surface area contributed by atoms with E-state index in [0.717, 1.165) is 40.9 Å². The predicted octanol–water partition coefficient (Wildman–Crippen LogP) is 4.44. The van der Waals surface area contributed by atoms with E-state index < -0.39 is 20.0 Å². The fraction of sp³-hybridized carbons (Fsp3) is 0.480. The monoisotopic (exact) mass is 549 g/mol. The molecule has 1 aromatic heterocycles. The highest BCUT2D eigenvalue weighted by molar-refractivity contribution is 7.89. The number of methoxy groups -OCH3 is 1. The second-order valence-electron chi connectivity index (χ2n) is 9.33. The lowest BCUT2D eigenvalue weighted by molar-refractivity contribution is 0.319. The van der Waals surface area contributed by atoms with Gasteiger partial charge in [-0.05, 0) is 49.9 Å². The van der Waals surface area contributed by atoms with Gasteiger partial charge in [0.25, 0.3) is 0 Å². The number of sulfonamides is 2. The van der Waals surface area contributed by atoms with Crippen molar-refractivity contribution in [3.63, 3.8) is 0 Å². The highest BCUT2D eigenvalue weighted by atomic mass is 32.2. The molecule has 0 radical (unpaired) electrons. The number of aromatic nitrogens is 1. The SMILES string of the molecule is COc1cc(S(=O)(=O)N2CCC(c3nc4ccccc4s3)CC2)ccc1S(=O)(=O)N1CCCCCC1. The van der Waals surface area contributed by atoms with Crippen molar-refractivity contribution in [2.45, 2.75) is 54.2 Å². The minimum atomic E-state index is -3.79. The minimum Gasteiger partial charge on any atom is -0.495 e. The van der Waals surface area contributed by atoms with Gasteiger partial charge in [0, 0.05) is 38.2 Å². The van der Waals surface area contributed by atoms with E-state index in [0.29, 0.717) is 39.0 Å². The average Bonchev–Trinajstić information content (AvgIpc) is 3.13. The number of hydrogen-bond acceptors (Lipinski definition) is 7. The van der Waals surface area contributed by atoms with Crippen LogP contribution >= 0.6 is 11.3 Å². The summed E-state index contributed by atoms with van der Waals surface area (Å²) in [6, 6.07) is 12.1. The molecule has 2 saturated heterocycles. The molecule has 2 fully saturated rings. The lowest BCUT2D eigenvalue weighted by atomic mass is 9.99. The fourth-order valence-electron chi connectivity index (χ4n) is 5.00. The van der Waals surface area contributed by atoms with Crippen molar-refractivity contribution in [1.82, 2.24) is 13.6 Å². The molecule has 0 bridgehead atoms. The largest absolute Gasteiger partial charge is 0.495 e. The van der Waals surface area contributed by atoms with E-state index in [1.165, 1.54) is 33.9 Å². The smallest absolute Gasteiger partial charge is 0.246 e. The van der Waals surface area contributed by atoms with Gasteiger partial charge >= 0.3 is 0 Å². The third-order valence-corrected chi connectivity index (χ3v) is 12.1. The van der Waals surface area contributed by atoms with E-state index in [1.54, 1.807) is 11.3 Å². The molecule has 194 valence electrons. The second kappa shape index (κ2) is 10.4. The zero-order chi connectivity index (χ0) is 25.3. The minimum absolute atomic E-state index is 0.0143. The Hall–Kier alpha value is -2.05. The van der Waals surface area contributed by atoms with Crippen molar-refractivity contribution in [3.8, 4) is 5.75 Å². The maximum atomic E-state index is 13.4. The van der Waals surface area contributed by atoms with Crippen molar-refractivity contribution in [2.24, 2.45) is 0 Å². The normalized spacial score (nSPS) is 19.4. The molecule has 0 N–H and O–H groups in total. The van der Waals surface area contributed by atoms with Gasteiger partial charge in [-0.3, -0.25) is 0 Å². The molecule has 8 nitrogen and oxygen atoms in total. The van der Waals surface area contributed by atoms with Gasteiger partial charge in [-0.2, -0.15) is 8.61 Å². The summed E-state index contributed by atoms with van der Waals surface area (Å²) in [7, 11) is -6.19. The van der Waals surface area contributed by atoms with Crippen LogP contribution in [0.3, 0.4) is 0 Å². The molecule has 3 heterocycles. The Morgan fingerprint density at radius 2 is 1.53 bits per heavy atom. The van der Waals surface area contributed by atoms with Gasteiger partial charge in [-0.25, -0.2) is 21.8 Å². The van der Waals surface area contributed by atoms with E-state index >= 15 is 0 Å². The van der Waals surface area contributed by atoms with Gasteiger partial charge in [0.15, 0.2) is 0 Å². The zero-order valence-corrected chi connectivity index (χ0v) is 22.7. The molecule has 0 amide bonds. The number of thiazole rings is 1. The summed E-state index contributed by atoms with van der Waals surface area (Å²) in [5.41, 5.74) is 0.981. The molecular weight excluding hydrogens is 518 g/mol. The molecule has 0 aliphatic carbocycles. The van der Waals surface area contributed by atoms with E-state index in [4.69, 9.17) is 9.72 Å². The van der Waals surface area contributed by atoms with Crippen LogP contribution in [0.25, 0.3) is 10.2 Å². The number of ether oxygens (including phenoxy) is 1. The van der Waals surface area contributed by atoms with Crippen LogP contribution in [0.1, 0.15) is 49.5 Å². The predicted molar refractivity (Wildman–Crippen MR) is 141 cm³/mol. The number of benzene rings is 2. The van der Waals surface area contributed by atoms with E-state index in [-0.39, 0.29) is 21.5 Å². The molecule has 5 rings (SSSR count). The molecule has 0 unspecified atom stereocenters. The second-order valence-corrected chi connectivity index (χ2v) is 14.2.